The highest BCUT2D eigenvalue weighted by Gasteiger charge is 2.23. The van der Waals surface area contributed by atoms with Gasteiger partial charge in [0.2, 0.25) is 0 Å². The van der Waals surface area contributed by atoms with E-state index in [1.54, 1.807) is 6.20 Å². The van der Waals surface area contributed by atoms with Gasteiger partial charge in [-0.05, 0) is 49.2 Å². The summed E-state index contributed by atoms with van der Waals surface area (Å²) in [6.07, 6.45) is 1.76. The standard InChI is InChI=1S/C27H20ClFN2O3/c1-14-12-18(15(2)31-21-9-8-20(28)23(29)22(21)27(32)33)25-19(13-14)24-26(34-25)17(10-11-30-24)16-6-4-3-5-7-16/h3-13,15,31H,1-2H3,(H,32,33)/t15-/m1/s1. The summed E-state index contributed by atoms with van der Waals surface area (Å²) in [6, 6.07) is 18.2. The maximum absolute atomic E-state index is 14.4. The van der Waals surface area contributed by atoms with Gasteiger partial charge >= 0.3 is 5.97 Å². The first-order valence-electron chi connectivity index (χ1n) is 10.7. The number of anilines is 1. The van der Waals surface area contributed by atoms with E-state index in [9.17, 15) is 14.3 Å². The van der Waals surface area contributed by atoms with Gasteiger partial charge in [-0.1, -0.05) is 48.0 Å². The second-order valence-electron chi connectivity index (χ2n) is 8.19. The molecule has 3 aromatic carbocycles. The molecule has 0 bridgehead atoms. The number of nitrogens with zero attached hydrogens (tertiary/aromatic N) is 1. The molecule has 0 fully saturated rings. The second-order valence-corrected chi connectivity index (χ2v) is 8.60. The predicted molar refractivity (Wildman–Crippen MR) is 132 cm³/mol. The van der Waals surface area contributed by atoms with E-state index in [4.69, 9.17) is 16.0 Å². The van der Waals surface area contributed by atoms with Gasteiger partial charge < -0.3 is 14.8 Å². The topological polar surface area (TPSA) is 75.4 Å². The molecular formula is C27H20ClFN2O3. The van der Waals surface area contributed by atoms with E-state index in [0.717, 1.165) is 33.2 Å². The number of benzene rings is 3. The molecule has 2 aromatic heterocycles. The van der Waals surface area contributed by atoms with Crippen LogP contribution in [0.2, 0.25) is 5.02 Å². The zero-order chi connectivity index (χ0) is 24.0. The monoisotopic (exact) mass is 474 g/mol. The van der Waals surface area contributed by atoms with E-state index in [1.165, 1.54) is 12.1 Å². The van der Waals surface area contributed by atoms with Crippen molar-refractivity contribution >= 4 is 45.3 Å². The van der Waals surface area contributed by atoms with Crippen molar-refractivity contribution in [2.75, 3.05) is 5.32 Å². The van der Waals surface area contributed by atoms with Crippen LogP contribution in [0, 0.1) is 12.7 Å². The van der Waals surface area contributed by atoms with Gasteiger partial charge in [-0.25, -0.2) is 9.18 Å². The first-order valence-corrected chi connectivity index (χ1v) is 11.1. The molecule has 5 rings (SSSR count). The van der Waals surface area contributed by atoms with Crippen LogP contribution in [0.25, 0.3) is 33.2 Å². The van der Waals surface area contributed by atoms with Gasteiger partial charge in [0.15, 0.2) is 11.4 Å². The number of aromatic nitrogens is 1. The number of carbonyl (C=O) groups is 1. The van der Waals surface area contributed by atoms with Crippen LogP contribution in [-0.4, -0.2) is 16.1 Å². The van der Waals surface area contributed by atoms with Gasteiger partial charge in [0, 0.05) is 22.7 Å². The number of hydrogen-bond acceptors (Lipinski definition) is 4. The lowest BCUT2D eigenvalue weighted by atomic mass is 10.0. The van der Waals surface area contributed by atoms with E-state index in [2.05, 4.69) is 10.3 Å². The molecule has 0 amide bonds. The number of nitrogens with one attached hydrogen (secondary N) is 1. The molecule has 0 aliphatic carbocycles. The van der Waals surface area contributed by atoms with Gasteiger partial charge in [0.25, 0.3) is 0 Å². The molecule has 5 aromatic rings. The van der Waals surface area contributed by atoms with Gasteiger partial charge in [-0.3, -0.25) is 4.98 Å². The number of fused-ring (bicyclic) bond motifs is 3. The fourth-order valence-electron chi connectivity index (χ4n) is 4.29. The number of halogens is 2. The molecule has 170 valence electrons. The number of carboxylic acids is 1. The molecule has 0 saturated carbocycles. The SMILES string of the molecule is Cc1cc([C@@H](C)Nc2ccc(Cl)c(F)c2C(=O)O)c2oc3c(-c4ccccc4)ccnc3c2c1. The van der Waals surface area contributed by atoms with E-state index in [1.807, 2.05) is 62.4 Å². The molecular weight excluding hydrogens is 455 g/mol. The summed E-state index contributed by atoms with van der Waals surface area (Å²) < 4.78 is 20.8. The Morgan fingerprint density at radius 3 is 2.62 bits per heavy atom. The Bertz CT molecular complexity index is 1560. The molecule has 0 aliphatic heterocycles. The smallest absolute Gasteiger partial charge is 0.340 e. The lowest BCUT2D eigenvalue weighted by Gasteiger charge is -2.18. The Labute approximate surface area is 199 Å². The molecule has 0 saturated heterocycles. The van der Waals surface area contributed by atoms with Crippen LogP contribution >= 0.6 is 11.6 Å². The van der Waals surface area contributed by atoms with E-state index in [0.29, 0.717) is 11.2 Å². The van der Waals surface area contributed by atoms with Crippen LogP contribution in [0.5, 0.6) is 0 Å². The van der Waals surface area contributed by atoms with Crippen LogP contribution in [-0.2, 0) is 0 Å². The molecule has 2 N–H and O–H groups in total. The molecule has 1 atom stereocenters. The van der Waals surface area contributed by atoms with E-state index < -0.39 is 23.4 Å². The molecule has 0 radical (unpaired) electrons. The largest absolute Gasteiger partial charge is 0.478 e. The number of carboxylic acid groups (broad SMARTS) is 1. The van der Waals surface area contributed by atoms with Crippen LogP contribution in [0.4, 0.5) is 10.1 Å². The number of hydrogen-bond donors (Lipinski definition) is 2. The summed E-state index contributed by atoms with van der Waals surface area (Å²) in [5.41, 5.74) is 5.44. The summed E-state index contributed by atoms with van der Waals surface area (Å²) in [4.78, 5) is 16.3. The van der Waals surface area contributed by atoms with Crippen LogP contribution in [0.1, 0.15) is 34.5 Å². The van der Waals surface area contributed by atoms with Crippen molar-refractivity contribution in [1.82, 2.24) is 4.98 Å². The zero-order valence-corrected chi connectivity index (χ0v) is 19.2. The highest BCUT2D eigenvalue weighted by atomic mass is 35.5. The third-order valence-electron chi connectivity index (χ3n) is 5.86. The number of pyridine rings is 1. The molecule has 5 nitrogen and oxygen atoms in total. The maximum atomic E-state index is 14.4. The third kappa shape index (κ3) is 3.66. The van der Waals surface area contributed by atoms with Crippen LogP contribution < -0.4 is 5.32 Å². The minimum Gasteiger partial charge on any atom is -0.478 e. The Balaban J connectivity index is 1.66. The number of rotatable bonds is 5. The number of aromatic carboxylic acids is 1. The highest BCUT2D eigenvalue weighted by molar-refractivity contribution is 6.31. The quantitative estimate of drug-likeness (QED) is 0.274. The lowest BCUT2D eigenvalue weighted by molar-refractivity contribution is 0.0693. The van der Waals surface area contributed by atoms with Crippen molar-refractivity contribution in [1.29, 1.82) is 0 Å². The maximum Gasteiger partial charge on any atom is 0.340 e. The summed E-state index contributed by atoms with van der Waals surface area (Å²) in [7, 11) is 0. The zero-order valence-electron chi connectivity index (χ0n) is 18.4. The van der Waals surface area contributed by atoms with Crippen LogP contribution in [0.15, 0.2) is 71.3 Å². The molecule has 2 heterocycles. The van der Waals surface area contributed by atoms with Crippen molar-refractivity contribution in [2.24, 2.45) is 0 Å². The van der Waals surface area contributed by atoms with Crippen LogP contribution in [0.3, 0.4) is 0 Å². The normalized spacial score (nSPS) is 12.2. The van der Waals surface area contributed by atoms with Gasteiger partial charge in [-0.15, -0.1) is 0 Å². The Kier molecular flexibility index (Phi) is 5.46. The van der Waals surface area contributed by atoms with Crippen molar-refractivity contribution in [2.45, 2.75) is 19.9 Å². The fourth-order valence-corrected chi connectivity index (χ4v) is 4.45. The molecule has 0 aliphatic rings. The van der Waals surface area contributed by atoms with Gasteiger partial charge in [0.05, 0.1) is 16.8 Å². The third-order valence-corrected chi connectivity index (χ3v) is 6.15. The predicted octanol–water partition coefficient (Wildman–Crippen LogP) is 7.62. The first-order chi connectivity index (χ1) is 16.3. The molecule has 0 unspecified atom stereocenters. The summed E-state index contributed by atoms with van der Waals surface area (Å²) >= 11 is 5.80. The Hall–Kier alpha value is -3.90. The Morgan fingerprint density at radius 2 is 1.88 bits per heavy atom. The van der Waals surface area contributed by atoms with Crippen molar-refractivity contribution in [3.63, 3.8) is 0 Å². The first kappa shape index (κ1) is 21.9. The van der Waals surface area contributed by atoms with Crippen molar-refractivity contribution < 1.29 is 18.7 Å². The van der Waals surface area contributed by atoms with E-state index >= 15 is 0 Å². The minimum atomic E-state index is -1.40. The highest BCUT2D eigenvalue weighted by Crippen LogP contribution is 2.39. The summed E-state index contributed by atoms with van der Waals surface area (Å²) in [5, 5.41) is 13.3. The average Bonchev–Trinajstić information content (AvgIpc) is 3.20. The van der Waals surface area contributed by atoms with Gasteiger partial charge in [-0.2, -0.15) is 0 Å². The molecule has 7 heteroatoms. The number of aryl methyl sites for hydroxylation is 1. The average molecular weight is 475 g/mol. The summed E-state index contributed by atoms with van der Waals surface area (Å²) in [6.45, 7) is 3.84. The number of furan rings is 1. The lowest BCUT2D eigenvalue weighted by Crippen LogP contribution is -2.13. The Morgan fingerprint density at radius 1 is 1.12 bits per heavy atom. The molecule has 34 heavy (non-hydrogen) atoms. The van der Waals surface area contributed by atoms with Crippen molar-refractivity contribution in [3.05, 3.63) is 94.4 Å². The summed E-state index contributed by atoms with van der Waals surface area (Å²) in [5.74, 6) is -2.37. The fraction of sp³-hybridized carbons (Fsp3) is 0.111. The van der Waals surface area contributed by atoms with Gasteiger partial charge in [0.1, 0.15) is 16.7 Å². The van der Waals surface area contributed by atoms with E-state index in [-0.39, 0.29) is 10.7 Å². The minimum absolute atomic E-state index is 0.135. The molecule has 0 spiro atoms. The van der Waals surface area contributed by atoms with Crippen molar-refractivity contribution in [3.8, 4) is 11.1 Å². The second kappa shape index (κ2) is 8.47.